The molecule has 3 unspecified atom stereocenters. The minimum atomic E-state index is -0.653. The molecule has 0 saturated carbocycles. The second-order valence-electron chi connectivity index (χ2n) is 2.21. The molecule has 1 saturated heterocycles. The molecule has 2 N–H and O–H groups in total. The van der Waals surface area contributed by atoms with E-state index in [1.165, 1.54) is 0 Å². The Bertz CT molecular complexity index is 128. The van der Waals surface area contributed by atoms with Gasteiger partial charge in [-0.3, -0.25) is 4.21 Å². The van der Waals surface area contributed by atoms with Gasteiger partial charge in [-0.15, -0.1) is 11.8 Å². The highest BCUT2D eigenvalue weighted by Crippen LogP contribution is 2.23. The van der Waals surface area contributed by atoms with Gasteiger partial charge in [0.25, 0.3) is 0 Å². The Morgan fingerprint density at radius 1 is 1.78 bits per heavy atom. The topological polar surface area (TPSA) is 43.1 Å². The number of thioether (sulfide) groups is 1. The summed E-state index contributed by atoms with van der Waals surface area (Å²) in [6.07, 6.45) is 2.91. The summed E-state index contributed by atoms with van der Waals surface area (Å²) in [7, 11) is -0.653. The summed E-state index contributed by atoms with van der Waals surface area (Å²) < 4.78 is 11.3. The highest BCUT2D eigenvalue weighted by Gasteiger charge is 2.27. The van der Waals surface area contributed by atoms with Gasteiger partial charge in [0.05, 0.1) is 4.58 Å². The summed E-state index contributed by atoms with van der Waals surface area (Å²) in [6.45, 7) is 0. The van der Waals surface area contributed by atoms with Crippen LogP contribution >= 0.6 is 11.8 Å². The van der Waals surface area contributed by atoms with Crippen LogP contribution in [0.4, 0.5) is 0 Å². The van der Waals surface area contributed by atoms with Gasteiger partial charge < -0.3 is 5.73 Å². The summed E-state index contributed by atoms with van der Waals surface area (Å²) in [4.78, 5) is 0. The smallest absolute Gasteiger partial charge is 0.0814 e. The van der Waals surface area contributed by atoms with Crippen LogP contribution in [0.3, 0.4) is 0 Å². The zero-order valence-electron chi connectivity index (χ0n) is 5.37. The molecule has 1 heterocycles. The monoisotopic (exact) mass is 165 g/mol. The number of hydrogen-bond acceptors (Lipinski definition) is 3. The quantitative estimate of drug-likeness (QED) is 0.601. The molecule has 4 heteroatoms. The van der Waals surface area contributed by atoms with Crippen molar-refractivity contribution in [3.63, 3.8) is 0 Å². The van der Waals surface area contributed by atoms with Crippen LogP contribution in [0.2, 0.25) is 0 Å². The van der Waals surface area contributed by atoms with Gasteiger partial charge in [-0.2, -0.15) is 0 Å². The molecule has 0 aromatic rings. The van der Waals surface area contributed by atoms with E-state index in [2.05, 4.69) is 0 Å². The summed E-state index contributed by atoms with van der Waals surface area (Å²) in [6, 6.07) is 0.184. The summed E-state index contributed by atoms with van der Waals surface area (Å²) in [5.74, 6) is 0.700. The van der Waals surface area contributed by atoms with Crippen LogP contribution in [0, 0.1) is 0 Å². The van der Waals surface area contributed by atoms with Crippen molar-refractivity contribution in [3.05, 3.63) is 0 Å². The number of nitrogens with two attached hydrogens (primary N) is 1. The summed E-state index contributed by atoms with van der Waals surface area (Å²) in [5.41, 5.74) is 5.58. The number of hydrogen-bond donors (Lipinski definition) is 1. The first-order valence-corrected chi connectivity index (χ1v) is 5.56. The maximum absolute atomic E-state index is 11.0. The van der Waals surface area contributed by atoms with E-state index in [-0.39, 0.29) is 6.04 Å². The Balaban J connectivity index is 2.48. The average Bonchev–Trinajstić information content (AvgIpc) is 2.10. The largest absolute Gasteiger partial charge is 0.327 e. The van der Waals surface area contributed by atoms with E-state index < -0.39 is 10.8 Å². The molecule has 0 amide bonds. The van der Waals surface area contributed by atoms with E-state index in [0.29, 0.717) is 10.3 Å². The number of rotatable bonds is 1. The lowest BCUT2D eigenvalue weighted by molar-refractivity contribution is 0.685. The van der Waals surface area contributed by atoms with Crippen molar-refractivity contribution < 1.29 is 4.21 Å². The average molecular weight is 165 g/mol. The van der Waals surface area contributed by atoms with Gasteiger partial charge in [0.15, 0.2) is 0 Å². The summed E-state index contributed by atoms with van der Waals surface area (Å²) >= 11 is 1.66. The molecular weight excluding hydrogens is 154 g/mol. The van der Waals surface area contributed by atoms with Crippen molar-refractivity contribution in [1.82, 2.24) is 0 Å². The van der Waals surface area contributed by atoms with E-state index in [9.17, 15) is 4.21 Å². The molecule has 9 heavy (non-hydrogen) atoms. The third kappa shape index (κ3) is 1.69. The molecule has 1 aliphatic rings. The first-order valence-electron chi connectivity index (χ1n) is 2.89. The molecule has 1 rings (SSSR count). The van der Waals surface area contributed by atoms with Gasteiger partial charge in [0, 0.05) is 22.6 Å². The lowest BCUT2D eigenvalue weighted by atomic mass is 10.3. The van der Waals surface area contributed by atoms with E-state index in [4.69, 9.17) is 5.73 Å². The molecule has 54 valence electrons. The zero-order valence-corrected chi connectivity index (χ0v) is 7.00. The van der Waals surface area contributed by atoms with Gasteiger partial charge in [-0.05, 0) is 12.7 Å². The fraction of sp³-hybridized carbons (Fsp3) is 1.00. The molecule has 0 spiro atoms. The Morgan fingerprint density at radius 2 is 2.44 bits per heavy atom. The third-order valence-corrected chi connectivity index (χ3v) is 4.90. The fourth-order valence-electron chi connectivity index (χ4n) is 0.944. The Hall–Kier alpha value is 0.460. The molecule has 2 nitrogen and oxygen atoms in total. The van der Waals surface area contributed by atoms with Gasteiger partial charge in [0.1, 0.15) is 0 Å². The van der Waals surface area contributed by atoms with Crippen molar-refractivity contribution in [1.29, 1.82) is 0 Å². The summed E-state index contributed by atoms with van der Waals surface area (Å²) in [5, 5.41) is 0. The molecule has 1 fully saturated rings. The highest BCUT2D eigenvalue weighted by atomic mass is 32.2. The van der Waals surface area contributed by atoms with E-state index >= 15 is 0 Å². The molecular formula is C5H11NOS2. The van der Waals surface area contributed by atoms with Crippen molar-refractivity contribution >= 4 is 22.6 Å². The molecule has 1 aliphatic heterocycles. The predicted octanol–water partition coefficient (Wildman–Crippen LogP) is 0.155. The minimum absolute atomic E-state index is 0.184. The molecule has 3 atom stereocenters. The SMILES string of the molecule is CSC1CC(N)CS1=O. The second-order valence-corrected chi connectivity index (χ2v) is 5.21. The van der Waals surface area contributed by atoms with Gasteiger partial charge in [-0.1, -0.05) is 0 Å². The lowest BCUT2D eigenvalue weighted by Gasteiger charge is -2.00. The lowest BCUT2D eigenvalue weighted by Crippen LogP contribution is -2.19. The van der Waals surface area contributed by atoms with Crippen molar-refractivity contribution in [3.8, 4) is 0 Å². The third-order valence-electron chi connectivity index (χ3n) is 1.43. The highest BCUT2D eigenvalue weighted by molar-refractivity contribution is 8.11. The van der Waals surface area contributed by atoms with Crippen LogP contribution in [-0.4, -0.2) is 26.8 Å². The fourth-order valence-corrected chi connectivity index (χ4v) is 3.71. The first kappa shape index (κ1) is 7.57. The maximum Gasteiger partial charge on any atom is 0.0814 e. The van der Waals surface area contributed by atoms with Crippen molar-refractivity contribution in [2.75, 3.05) is 12.0 Å². The van der Waals surface area contributed by atoms with Gasteiger partial charge in [-0.25, -0.2) is 0 Å². The Morgan fingerprint density at radius 3 is 2.67 bits per heavy atom. The van der Waals surface area contributed by atoms with Crippen LogP contribution in [0.25, 0.3) is 0 Å². The maximum atomic E-state index is 11.0. The van der Waals surface area contributed by atoms with Crippen LogP contribution in [0.1, 0.15) is 6.42 Å². The standard InChI is InChI=1S/C5H11NOS2/c1-8-5-2-4(6)3-9(5)7/h4-5H,2-3,6H2,1H3. The molecule has 0 aromatic carbocycles. The van der Waals surface area contributed by atoms with E-state index in [0.717, 1.165) is 6.42 Å². The Kier molecular flexibility index (Phi) is 2.55. The molecule has 0 aromatic heterocycles. The van der Waals surface area contributed by atoms with E-state index in [1.807, 2.05) is 6.26 Å². The zero-order chi connectivity index (χ0) is 6.85. The Labute approximate surface area is 62.0 Å². The first-order chi connectivity index (χ1) is 4.24. The van der Waals surface area contributed by atoms with Crippen LogP contribution in [0.15, 0.2) is 0 Å². The van der Waals surface area contributed by atoms with Crippen LogP contribution < -0.4 is 5.73 Å². The minimum Gasteiger partial charge on any atom is -0.327 e. The van der Waals surface area contributed by atoms with Crippen molar-refractivity contribution in [2.24, 2.45) is 5.73 Å². The van der Waals surface area contributed by atoms with Crippen molar-refractivity contribution in [2.45, 2.75) is 17.0 Å². The second kappa shape index (κ2) is 3.03. The van der Waals surface area contributed by atoms with Gasteiger partial charge in [0.2, 0.25) is 0 Å². The van der Waals surface area contributed by atoms with Crippen LogP contribution in [-0.2, 0) is 10.8 Å². The normalized spacial score (nSPS) is 43.6. The van der Waals surface area contributed by atoms with E-state index in [1.54, 1.807) is 11.8 Å². The predicted molar refractivity (Wildman–Crippen MR) is 42.9 cm³/mol. The molecule has 0 aliphatic carbocycles. The van der Waals surface area contributed by atoms with Crippen LogP contribution in [0.5, 0.6) is 0 Å². The van der Waals surface area contributed by atoms with Gasteiger partial charge >= 0.3 is 0 Å². The molecule has 0 radical (unpaired) electrons. The molecule has 0 bridgehead atoms.